The first-order valence-electron chi connectivity index (χ1n) is 7.24. The molecule has 108 valence electrons. The van der Waals surface area contributed by atoms with Crippen LogP contribution in [0.2, 0.25) is 0 Å². The summed E-state index contributed by atoms with van der Waals surface area (Å²) in [5.74, 6) is 0.0210. The number of amides is 1. The Morgan fingerprint density at radius 1 is 1.15 bits per heavy atom. The van der Waals surface area contributed by atoms with Gasteiger partial charge in [0.15, 0.2) is 0 Å². The van der Waals surface area contributed by atoms with Crippen molar-refractivity contribution >= 4 is 17.6 Å². The van der Waals surface area contributed by atoms with E-state index in [4.69, 9.17) is 5.11 Å². The molecule has 1 amide bonds. The second-order valence-corrected chi connectivity index (χ2v) is 5.47. The topological polar surface area (TPSA) is 66.4 Å². The number of hydrogen-bond acceptors (Lipinski definition) is 2. The van der Waals surface area contributed by atoms with Crippen molar-refractivity contribution in [3.05, 3.63) is 29.8 Å². The highest BCUT2D eigenvalue weighted by molar-refractivity contribution is 5.90. The Morgan fingerprint density at radius 3 is 2.40 bits per heavy atom. The normalized spacial score (nSPS) is 14.6. The van der Waals surface area contributed by atoms with Crippen molar-refractivity contribution in [2.45, 2.75) is 44.9 Å². The molecule has 4 nitrogen and oxygen atoms in total. The zero-order chi connectivity index (χ0) is 14.4. The number of nitrogens with one attached hydrogen (secondary N) is 1. The molecule has 0 heterocycles. The first-order valence-corrected chi connectivity index (χ1v) is 7.24. The van der Waals surface area contributed by atoms with Gasteiger partial charge in [-0.25, -0.2) is 0 Å². The zero-order valence-electron chi connectivity index (χ0n) is 11.6. The van der Waals surface area contributed by atoms with Gasteiger partial charge in [0.1, 0.15) is 0 Å². The van der Waals surface area contributed by atoms with E-state index in [0.29, 0.717) is 12.8 Å². The van der Waals surface area contributed by atoms with E-state index in [-0.39, 0.29) is 12.3 Å². The lowest BCUT2D eigenvalue weighted by Gasteiger charge is -2.24. The largest absolute Gasteiger partial charge is 0.481 e. The molecule has 1 aromatic rings. The zero-order valence-corrected chi connectivity index (χ0v) is 11.6. The second-order valence-electron chi connectivity index (χ2n) is 5.47. The van der Waals surface area contributed by atoms with Crippen LogP contribution in [0, 0.1) is 5.92 Å². The standard InChI is InChI=1S/C16H21NO3/c18-15(10-6-12-2-1-3-12)17-14-8-4-13(5-9-14)7-11-16(19)20/h4-5,8-9,12H,1-3,6-7,10-11H2,(H,17,18)(H,19,20). The summed E-state index contributed by atoms with van der Waals surface area (Å²) in [5.41, 5.74) is 1.75. The average molecular weight is 275 g/mol. The summed E-state index contributed by atoms with van der Waals surface area (Å²) < 4.78 is 0. The molecule has 0 unspecified atom stereocenters. The molecule has 1 aromatic carbocycles. The molecule has 0 spiro atoms. The van der Waals surface area contributed by atoms with Gasteiger partial charge in [-0.15, -0.1) is 0 Å². The Kier molecular flexibility index (Phi) is 5.16. The van der Waals surface area contributed by atoms with Gasteiger partial charge in [-0.3, -0.25) is 9.59 Å². The maximum Gasteiger partial charge on any atom is 0.303 e. The van der Waals surface area contributed by atoms with Gasteiger partial charge in [0.25, 0.3) is 0 Å². The molecular formula is C16H21NO3. The molecule has 0 bridgehead atoms. The van der Waals surface area contributed by atoms with Crippen molar-refractivity contribution in [3.63, 3.8) is 0 Å². The van der Waals surface area contributed by atoms with E-state index in [9.17, 15) is 9.59 Å². The van der Waals surface area contributed by atoms with Gasteiger partial charge in [-0.2, -0.15) is 0 Å². The van der Waals surface area contributed by atoms with Gasteiger partial charge in [0.05, 0.1) is 0 Å². The Bertz CT molecular complexity index is 463. The van der Waals surface area contributed by atoms with E-state index in [2.05, 4.69) is 5.32 Å². The van der Waals surface area contributed by atoms with Gasteiger partial charge in [-0.1, -0.05) is 31.4 Å². The number of carboxylic acid groups (broad SMARTS) is 1. The van der Waals surface area contributed by atoms with Crippen LogP contribution >= 0.6 is 0 Å². The van der Waals surface area contributed by atoms with Crippen LogP contribution in [-0.2, 0) is 16.0 Å². The molecule has 0 aromatic heterocycles. The van der Waals surface area contributed by atoms with Crippen LogP contribution in [0.5, 0.6) is 0 Å². The molecule has 1 aliphatic rings. The lowest BCUT2D eigenvalue weighted by molar-refractivity contribution is -0.137. The highest BCUT2D eigenvalue weighted by atomic mass is 16.4. The molecule has 0 atom stereocenters. The van der Waals surface area contributed by atoms with Crippen molar-refractivity contribution in [3.8, 4) is 0 Å². The van der Waals surface area contributed by atoms with Gasteiger partial charge < -0.3 is 10.4 Å². The fourth-order valence-corrected chi connectivity index (χ4v) is 2.35. The number of benzene rings is 1. The first kappa shape index (κ1) is 14.6. The minimum atomic E-state index is -0.793. The van der Waals surface area contributed by atoms with Crippen molar-refractivity contribution in [1.29, 1.82) is 0 Å². The molecule has 0 aliphatic heterocycles. The highest BCUT2D eigenvalue weighted by Crippen LogP contribution is 2.30. The number of carbonyl (C=O) groups is 2. The Morgan fingerprint density at radius 2 is 1.85 bits per heavy atom. The third-order valence-corrected chi connectivity index (χ3v) is 3.87. The summed E-state index contributed by atoms with van der Waals surface area (Å²) in [6.45, 7) is 0. The third kappa shape index (κ3) is 4.68. The number of hydrogen-bond donors (Lipinski definition) is 2. The molecule has 1 fully saturated rings. The van der Waals surface area contributed by atoms with E-state index in [1.165, 1.54) is 19.3 Å². The molecule has 1 aliphatic carbocycles. The van der Waals surface area contributed by atoms with E-state index in [1.807, 2.05) is 24.3 Å². The van der Waals surface area contributed by atoms with Crippen molar-refractivity contribution in [2.75, 3.05) is 5.32 Å². The average Bonchev–Trinajstić information content (AvgIpc) is 2.36. The Balaban J connectivity index is 1.74. The van der Waals surface area contributed by atoms with Gasteiger partial charge in [0.2, 0.25) is 5.91 Å². The number of aliphatic carboxylic acids is 1. The predicted octanol–water partition coefficient (Wildman–Crippen LogP) is 3.22. The lowest BCUT2D eigenvalue weighted by Crippen LogP contribution is -2.16. The smallest absolute Gasteiger partial charge is 0.303 e. The third-order valence-electron chi connectivity index (χ3n) is 3.87. The molecule has 0 saturated heterocycles. The minimum absolute atomic E-state index is 0.0650. The predicted molar refractivity (Wildman–Crippen MR) is 77.6 cm³/mol. The van der Waals surface area contributed by atoms with Crippen LogP contribution in [0.3, 0.4) is 0 Å². The summed E-state index contributed by atoms with van der Waals surface area (Å²) in [6.07, 6.45) is 6.08. The minimum Gasteiger partial charge on any atom is -0.481 e. The van der Waals surface area contributed by atoms with Gasteiger partial charge >= 0.3 is 5.97 Å². The van der Waals surface area contributed by atoms with Crippen LogP contribution in [0.25, 0.3) is 0 Å². The number of anilines is 1. The maximum atomic E-state index is 11.8. The Hall–Kier alpha value is -1.84. The summed E-state index contributed by atoms with van der Waals surface area (Å²) in [5, 5.41) is 11.5. The molecule has 0 radical (unpaired) electrons. The van der Waals surface area contributed by atoms with Gasteiger partial charge in [-0.05, 0) is 36.5 Å². The van der Waals surface area contributed by atoms with Crippen molar-refractivity contribution in [2.24, 2.45) is 5.92 Å². The van der Waals surface area contributed by atoms with Crippen LogP contribution in [0.1, 0.15) is 44.1 Å². The van der Waals surface area contributed by atoms with Crippen molar-refractivity contribution < 1.29 is 14.7 Å². The number of carbonyl (C=O) groups excluding carboxylic acids is 1. The summed E-state index contributed by atoms with van der Waals surface area (Å²) in [4.78, 5) is 22.3. The molecule has 20 heavy (non-hydrogen) atoms. The van der Waals surface area contributed by atoms with E-state index in [0.717, 1.165) is 23.6 Å². The first-order chi connectivity index (χ1) is 9.63. The number of aryl methyl sites for hydroxylation is 1. The fourth-order valence-electron chi connectivity index (χ4n) is 2.35. The van der Waals surface area contributed by atoms with E-state index in [1.54, 1.807) is 0 Å². The van der Waals surface area contributed by atoms with E-state index < -0.39 is 5.97 Å². The summed E-state index contributed by atoms with van der Waals surface area (Å²) in [7, 11) is 0. The molecular weight excluding hydrogens is 254 g/mol. The number of carboxylic acids is 1. The second kappa shape index (κ2) is 7.08. The molecule has 1 saturated carbocycles. The lowest BCUT2D eigenvalue weighted by atomic mass is 9.82. The monoisotopic (exact) mass is 275 g/mol. The maximum absolute atomic E-state index is 11.8. The highest BCUT2D eigenvalue weighted by Gasteiger charge is 2.18. The van der Waals surface area contributed by atoms with Crippen LogP contribution in [-0.4, -0.2) is 17.0 Å². The Labute approximate surface area is 119 Å². The quantitative estimate of drug-likeness (QED) is 0.803. The molecule has 2 rings (SSSR count). The summed E-state index contributed by atoms with van der Waals surface area (Å²) in [6, 6.07) is 7.39. The molecule has 2 N–H and O–H groups in total. The van der Waals surface area contributed by atoms with Gasteiger partial charge in [0, 0.05) is 18.5 Å². The van der Waals surface area contributed by atoms with Crippen molar-refractivity contribution in [1.82, 2.24) is 0 Å². The SMILES string of the molecule is O=C(O)CCc1ccc(NC(=O)CCC2CCC2)cc1. The number of rotatable bonds is 7. The molecule has 4 heteroatoms. The van der Waals surface area contributed by atoms with Crippen LogP contribution in [0.15, 0.2) is 24.3 Å². The van der Waals surface area contributed by atoms with Crippen LogP contribution in [0.4, 0.5) is 5.69 Å². The van der Waals surface area contributed by atoms with Crippen LogP contribution < -0.4 is 5.32 Å². The summed E-state index contributed by atoms with van der Waals surface area (Å²) >= 11 is 0. The fraction of sp³-hybridized carbons (Fsp3) is 0.500. The van der Waals surface area contributed by atoms with E-state index >= 15 is 0 Å².